The van der Waals surface area contributed by atoms with E-state index >= 15 is 0 Å². The molecule has 2 fully saturated rings. The molecule has 0 aromatic carbocycles. The normalized spacial score (nSPS) is 37.9. The van der Waals surface area contributed by atoms with Gasteiger partial charge in [-0.1, -0.05) is 29.7 Å². The summed E-state index contributed by atoms with van der Waals surface area (Å²) in [6, 6.07) is 0. The molecule has 0 radical (unpaired) electrons. The predicted octanol–water partition coefficient (Wildman–Crippen LogP) is 3.07. The summed E-state index contributed by atoms with van der Waals surface area (Å²) >= 11 is 0. The van der Waals surface area contributed by atoms with Crippen LogP contribution in [0.1, 0.15) is 52.4 Å². The number of aliphatic hydroxyl groups excluding tert-OH is 1. The predicted molar refractivity (Wildman–Crippen MR) is 94.5 cm³/mol. The molecule has 0 bridgehead atoms. The summed E-state index contributed by atoms with van der Waals surface area (Å²) in [7, 11) is 0. The van der Waals surface area contributed by atoms with Crippen LogP contribution in [0.15, 0.2) is 23.3 Å². The zero-order valence-electron chi connectivity index (χ0n) is 15.0. The number of rotatable bonds is 2. The second-order valence-electron chi connectivity index (χ2n) is 7.82. The number of esters is 1. The molecule has 1 N–H and O–H groups in total. The van der Waals surface area contributed by atoms with Gasteiger partial charge in [0, 0.05) is 18.9 Å². The Balaban J connectivity index is 1.81. The van der Waals surface area contributed by atoms with Gasteiger partial charge in [-0.05, 0) is 52.6 Å². The molecule has 2 aliphatic heterocycles. The van der Waals surface area contributed by atoms with Gasteiger partial charge in [0.15, 0.2) is 0 Å². The zero-order valence-corrected chi connectivity index (χ0v) is 15.0. The Bertz CT molecular complexity index is 519. The van der Waals surface area contributed by atoms with Crippen molar-refractivity contribution in [3.63, 3.8) is 0 Å². The number of likely N-dealkylation sites (tertiary alicyclic amines) is 1. The molecule has 0 aromatic heterocycles. The van der Waals surface area contributed by atoms with Gasteiger partial charge in [-0.25, -0.2) is 0 Å². The number of aliphatic hydroxyl groups is 1. The lowest BCUT2D eigenvalue weighted by molar-refractivity contribution is -0.144. The first-order valence-corrected chi connectivity index (χ1v) is 9.48. The van der Waals surface area contributed by atoms with Gasteiger partial charge in [-0.15, -0.1) is 0 Å². The second-order valence-corrected chi connectivity index (χ2v) is 7.82. The highest BCUT2D eigenvalue weighted by atomic mass is 16.6. The van der Waals surface area contributed by atoms with Crippen molar-refractivity contribution in [1.82, 2.24) is 4.90 Å². The SMILES string of the molecule is CC1=CCC/C(C)=C/[C@@H](O)[C@@H]2[C@H](C1)OC(=O)[C@@H]2CN1CCCCC1. The largest absolute Gasteiger partial charge is 0.461 e. The van der Waals surface area contributed by atoms with E-state index in [1.54, 1.807) is 0 Å². The highest BCUT2D eigenvalue weighted by Gasteiger charge is 2.48. The monoisotopic (exact) mass is 333 g/mol. The van der Waals surface area contributed by atoms with Crippen LogP contribution in [0.3, 0.4) is 0 Å². The van der Waals surface area contributed by atoms with Gasteiger partial charge in [-0.2, -0.15) is 0 Å². The third kappa shape index (κ3) is 4.09. The van der Waals surface area contributed by atoms with Gasteiger partial charge < -0.3 is 14.7 Å². The van der Waals surface area contributed by atoms with Gasteiger partial charge in [0.2, 0.25) is 0 Å². The molecule has 134 valence electrons. The van der Waals surface area contributed by atoms with Crippen LogP contribution in [0.25, 0.3) is 0 Å². The lowest BCUT2D eigenvalue weighted by Gasteiger charge is -2.31. The van der Waals surface area contributed by atoms with Crippen LogP contribution in [-0.2, 0) is 9.53 Å². The molecule has 3 aliphatic rings. The quantitative estimate of drug-likeness (QED) is 0.623. The molecule has 4 atom stereocenters. The highest BCUT2D eigenvalue weighted by molar-refractivity contribution is 5.76. The van der Waals surface area contributed by atoms with Crippen molar-refractivity contribution in [2.45, 2.75) is 64.6 Å². The molecule has 4 nitrogen and oxygen atoms in total. The number of ether oxygens (including phenoxy) is 1. The molecule has 3 rings (SSSR count). The summed E-state index contributed by atoms with van der Waals surface area (Å²) in [5.41, 5.74) is 2.46. The highest BCUT2D eigenvalue weighted by Crippen LogP contribution is 2.37. The molecule has 4 heteroatoms. The van der Waals surface area contributed by atoms with Crippen molar-refractivity contribution >= 4 is 5.97 Å². The van der Waals surface area contributed by atoms with Gasteiger partial charge in [-0.3, -0.25) is 4.79 Å². The summed E-state index contributed by atoms with van der Waals surface area (Å²) in [6.07, 6.45) is 9.82. The lowest BCUT2D eigenvalue weighted by atomic mass is 9.81. The third-order valence-corrected chi connectivity index (χ3v) is 5.77. The second kappa shape index (κ2) is 7.83. The number of fused-ring (bicyclic) bond motifs is 1. The zero-order chi connectivity index (χ0) is 17.1. The Morgan fingerprint density at radius 3 is 2.71 bits per heavy atom. The third-order valence-electron chi connectivity index (χ3n) is 5.77. The summed E-state index contributed by atoms with van der Waals surface area (Å²) in [5.74, 6) is -0.456. The summed E-state index contributed by atoms with van der Waals surface area (Å²) in [5, 5.41) is 10.8. The van der Waals surface area contributed by atoms with E-state index in [1.165, 1.54) is 30.4 Å². The maximum atomic E-state index is 12.5. The molecule has 2 saturated heterocycles. The molecule has 2 heterocycles. The maximum absolute atomic E-state index is 12.5. The van der Waals surface area contributed by atoms with E-state index in [-0.39, 0.29) is 23.9 Å². The fraction of sp³-hybridized carbons (Fsp3) is 0.750. The van der Waals surface area contributed by atoms with Crippen molar-refractivity contribution < 1.29 is 14.6 Å². The van der Waals surface area contributed by atoms with E-state index in [0.29, 0.717) is 0 Å². The Morgan fingerprint density at radius 2 is 1.96 bits per heavy atom. The first-order chi connectivity index (χ1) is 11.5. The number of hydrogen-bond donors (Lipinski definition) is 1. The molecular weight excluding hydrogens is 302 g/mol. The number of carbonyl (C=O) groups excluding carboxylic acids is 1. The average Bonchev–Trinajstić information content (AvgIpc) is 2.83. The number of hydrogen-bond acceptors (Lipinski definition) is 4. The lowest BCUT2D eigenvalue weighted by Crippen LogP contribution is -2.41. The molecule has 24 heavy (non-hydrogen) atoms. The van der Waals surface area contributed by atoms with Gasteiger partial charge in [0.05, 0.1) is 12.0 Å². The molecule has 0 unspecified atom stereocenters. The number of carbonyl (C=O) groups is 1. The van der Waals surface area contributed by atoms with Crippen molar-refractivity contribution in [3.8, 4) is 0 Å². The maximum Gasteiger partial charge on any atom is 0.311 e. The summed E-state index contributed by atoms with van der Waals surface area (Å²) in [6.45, 7) is 7.03. The summed E-state index contributed by atoms with van der Waals surface area (Å²) in [4.78, 5) is 14.9. The Labute approximate surface area is 145 Å². The summed E-state index contributed by atoms with van der Waals surface area (Å²) < 4.78 is 5.73. The van der Waals surface area contributed by atoms with E-state index in [1.807, 2.05) is 6.08 Å². The Morgan fingerprint density at radius 1 is 1.21 bits per heavy atom. The van der Waals surface area contributed by atoms with E-state index < -0.39 is 6.10 Å². The standard InChI is InChI=1S/C20H31NO3/c1-14-7-6-8-15(2)12-18-19(17(22)11-14)16(20(23)24-18)13-21-9-4-3-5-10-21/h8,11,16-19,22H,3-7,9-10,12-13H2,1-2H3/b14-11+,15-8?/t16-,17-,18+,19-/m1/s1. The van der Waals surface area contributed by atoms with E-state index in [2.05, 4.69) is 24.8 Å². The topological polar surface area (TPSA) is 49.8 Å². The fourth-order valence-corrected chi connectivity index (χ4v) is 4.42. The van der Waals surface area contributed by atoms with Crippen molar-refractivity contribution in [2.24, 2.45) is 11.8 Å². The van der Waals surface area contributed by atoms with Gasteiger partial charge >= 0.3 is 5.97 Å². The minimum atomic E-state index is -0.595. The first kappa shape index (κ1) is 17.7. The minimum absolute atomic E-state index is 0.118. The van der Waals surface area contributed by atoms with Gasteiger partial charge in [0.1, 0.15) is 6.10 Å². The van der Waals surface area contributed by atoms with Crippen molar-refractivity contribution in [3.05, 3.63) is 23.3 Å². The van der Waals surface area contributed by atoms with Crippen molar-refractivity contribution in [1.29, 1.82) is 0 Å². The van der Waals surface area contributed by atoms with Crippen LogP contribution in [0.2, 0.25) is 0 Å². The van der Waals surface area contributed by atoms with E-state index in [9.17, 15) is 9.90 Å². The molecule has 0 spiro atoms. The number of piperidine rings is 1. The van der Waals surface area contributed by atoms with Crippen LogP contribution in [0, 0.1) is 11.8 Å². The van der Waals surface area contributed by atoms with Crippen LogP contribution < -0.4 is 0 Å². The van der Waals surface area contributed by atoms with Crippen LogP contribution in [-0.4, -0.2) is 47.8 Å². The van der Waals surface area contributed by atoms with E-state index in [4.69, 9.17) is 4.74 Å². The van der Waals surface area contributed by atoms with Crippen LogP contribution in [0.4, 0.5) is 0 Å². The Kier molecular flexibility index (Phi) is 5.77. The molecule has 1 aliphatic carbocycles. The average molecular weight is 333 g/mol. The molecular formula is C20H31NO3. The van der Waals surface area contributed by atoms with Gasteiger partial charge in [0.25, 0.3) is 0 Å². The Hall–Kier alpha value is -1.13. The molecule has 0 amide bonds. The van der Waals surface area contributed by atoms with Crippen molar-refractivity contribution in [2.75, 3.05) is 19.6 Å². The smallest absolute Gasteiger partial charge is 0.311 e. The number of allylic oxidation sites excluding steroid dienone is 2. The fourth-order valence-electron chi connectivity index (χ4n) is 4.42. The molecule has 0 aromatic rings. The minimum Gasteiger partial charge on any atom is -0.461 e. The van der Waals surface area contributed by atoms with Crippen LogP contribution in [0.5, 0.6) is 0 Å². The number of nitrogens with zero attached hydrogens (tertiary/aromatic N) is 1. The van der Waals surface area contributed by atoms with Crippen LogP contribution >= 0.6 is 0 Å². The van der Waals surface area contributed by atoms with E-state index in [0.717, 1.165) is 38.9 Å². The first-order valence-electron chi connectivity index (χ1n) is 9.48. The molecule has 0 saturated carbocycles.